The van der Waals surface area contributed by atoms with Crippen molar-refractivity contribution in [1.29, 1.82) is 0 Å². The normalized spacial score (nSPS) is 10.9. The van der Waals surface area contributed by atoms with E-state index in [-0.39, 0.29) is 11.7 Å². The minimum atomic E-state index is 0.115. The van der Waals surface area contributed by atoms with Crippen molar-refractivity contribution in [2.75, 3.05) is 23.2 Å². The standard InChI is InChI=1S/C22H19Br2N7O3/c1-33-15-6-4-14(5-7-15)27-21-28-20(25-12-16-3-2-8-34-16)29-22(30-21)31-26-11-13-9-17(23)19(32)18(24)10-13/h2-11,32H,12H2,1H3,(H3,25,27,28,29,30,31)/b26-11-. The number of furan rings is 1. The number of ether oxygens (including phenoxy) is 1. The second-order valence-corrected chi connectivity index (χ2v) is 8.50. The molecule has 0 atom stereocenters. The fourth-order valence-corrected chi connectivity index (χ4v) is 3.99. The quantitative estimate of drug-likeness (QED) is 0.148. The molecule has 2 aromatic carbocycles. The number of aromatic nitrogens is 3. The Morgan fingerprint density at radius 2 is 1.74 bits per heavy atom. The third kappa shape index (κ3) is 6.23. The van der Waals surface area contributed by atoms with Gasteiger partial charge in [-0.2, -0.15) is 20.1 Å². The van der Waals surface area contributed by atoms with Crippen LogP contribution in [0.2, 0.25) is 0 Å². The molecule has 2 aromatic heterocycles. The average Bonchev–Trinajstić information content (AvgIpc) is 3.35. The molecule has 0 radical (unpaired) electrons. The molecule has 4 aromatic rings. The van der Waals surface area contributed by atoms with Gasteiger partial charge in [-0.15, -0.1) is 0 Å². The highest BCUT2D eigenvalue weighted by atomic mass is 79.9. The number of methoxy groups -OCH3 is 1. The average molecular weight is 589 g/mol. The lowest BCUT2D eigenvalue weighted by atomic mass is 10.2. The van der Waals surface area contributed by atoms with Crippen LogP contribution in [-0.4, -0.2) is 33.4 Å². The summed E-state index contributed by atoms with van der Waals surface area (Å²) in [5, 5.41) is 20.3. The van der Waals surface area contributed by atoms with Gasteiger partial charge in [-0.1, -0.05) is 0 Å². The largest absolute Gasteiger partial charge is 0.506 e. The Bertz CT molecular complexity index is 1260. The highest BCUT2D eigenvalue weighted by Crippen LogP contribution is 2.32. The molecule has 2 heterocycles. The van der Waals surface area contributed by atoms with Crippen molar-refractivity contribution in [2.45, 2.75) is 6.54 Å². The first-order valence-electron chi connectivity index (χ1n) is 9.90. The highest BCUT2D eigenvalue weighted by Gasteiger charge is 2.09. The Hall–Kier alpha value is -3.64. The van der Waals surface area contributed by atoms with Gasteiger partial charge in [-0.25, -0.2) is 5.43 Å². The van der Waals surface area contributed by atoms with Gasteiger partial charge in [0.05, 0.1) is 35.1 Å². The summed E-state index contributed by atoms with van der Waals surface area (Å²) >= 11 is 6.60. The highest BCUT2D eigenvalue weighted by molar-refractivity contribution is 9.11. The van der Waals surface area contributed by atoms with Crippen LogP contribution in [-0.2, 0) is 6.54 Å². The summed E-state index contributed by atoms with van der Waals surface area (Å²) in [6.07, 6.45) is 3.17. The maximum Gasteiger partial charge on any atom is 0.250 e. The van der Waals surface area contributed by atoms with Gasteiger partial charge in [0.2, 0.25) is 17.8 Å². The SMILES string of the molecule is COc1ccc(Nc2nc(NCc3ccco3)nc(N/N=C\c3cc(Br)c(O)c(Br)c3)n2)cc1. The summed E-state index contributed by atoms with van der Waals surface area (Å²) in [5.74, 6) is 2.46. The van der Waals surface area contributed by atoms with Gasteiger partial charge < -0.3 is 24.9 Å². The van der Waals surface area contributed by atoms with Crippen molar-refractivity contribution in [1.82, 2.24) is 15.0 Å². The monoisotopic (exact) mass is 587 g/mol. The minimum absolute atomic E-state index is 0.115. The predicted octanol–water partition coefficient (Wildman–Crippen LogP) is 5.51. The zero-order chi connectivity index (χ0) is 23.9. The van der Waals surface area contributed by atoms with E-state index in [1.54, 1.807) is 31.7 Å². The van der Waals surface area contributed by atoms with Crippen LogP contribution < -0.4 is 20.8 Å². The third-order valence-corrected chi connectivity index (χ3v) is 5.61. The number of phenols is 1. The number of hydrogen-bond acceptors (Lipinski definition) is 10. The van der Waals surface area contributed by atoms with E-state index >= 15 is 0 Å². The molecule has 174 valence electrons. The van der Waals surface area contributed by atoms with Gasteiger partial charge >= 0.3 is 0 Å². The molecule has 12 heteroatoms. The Morgan fingerprint density at radius 3 is 2.41 bits per heavy atom. The molecular weight excluding hydrogens is 570 g/mol. The fourth-order valence-electron chi connectivity index (χ4n) is 2.77. The topological polar surface area (TPSA) is 130 Å². The first-order chi connectivity index (χ1) is 16.5. The van der Waals surface area contributed by atoms with E-state index < -0.39 is 0 Å². The summed E-state index contributed by atoms with van der Waals surface area (Å²) in [6.45, 7) is 0.400. The number of anilines is 4. The van der Waals surface area contributed by atoms with Crippen molar-refractivity contribution >= 4 is 61.6 Å². The Balaban J connectivity index is 1.54. The van der Waals surface area contributed by atoms with Gasteiger partial charge in [0.1, 0.15) is 17.3 Å². The molecule has 0 amide bonds. The van der Waals surface area contributed by atoms with Crippen LogP contribution in [0.1, 0.15) is 11.3 Å². The van der Waals surface area contributed by atoms with Crippen molar-refractivity contribution in [3.8, 4) is 11.5 Å². The van der Waals surface area contributed by atoms with E-state index in [1.807, 2.05) is 36.4 Å². The lowest BCUT2D eigenvalue weighted by Gasteiger charge is -2.10. The molecular formula is C22H19Br2N7O3. The molecule has 0 aliphatic heterocycles. The Kier molecular flexibility index (Phi) is 7.60. The summed E-state index contributed by atoms with van der Waals surface area (Å²) in [4.78, 5) is 13.2. The van der Waals surface area contributed by atoms with Crippen LogP contribution in [0.3, 0.4) is 0 Å². The van der Waals surface area contributed by atoms with Crippen molar-refractivity contribution in [3.63, 3.8) is 0 Å². The number of aromatic hydroxyl groups is 1. The lowest BCUT2D eigenvalue weighted by Crippen LogP contribution is -2.09. The van der Waals surface area contributed by atoms with E-state index in [9.17, 15) is 5.11 Å². The first kappa shape index (κ1) is 23.5. The number of hydrazone groups is 1. The summed E-state index contributed by atoms with van der Waals surface area (Å²) < 4.78 is 11.6. The zero-order valence-electron chi connectivity index (χ0n) is 17.8. The van der Waals surface area contributed by atoms with E-state index in [4.69, 9.17) is 9.15 Å². The molecule has 0 unspecified atom stereocenters. The van der Waals surface area contributed by atoms with Crippen molar-refractivity contribution in [2.24, 2.45) is 5.10 Å². The zero-order valence-corrected chi connectivity index (χ0v) is 21.0. The smallest absolute Gasteiger partial charge is 0.250 e. The number of hydrogen-bond donors (Lipinski definition) is 4. The maximum atomic E-state index is 9.86. The number of benzene rings is 2. The number of nitrogens with one attached hydrogen (secondary N) is 3. The molecule has 34 heavy (non-hydrogen) atoms. The van der Waals surface area contributed by atoms with Crippen LogP contribution in [0.25, 0.3) is 0 Å². The molecule has 0 aliphatic rings. The van der Waals surface area contributed by atoms with E-state index in [0.29, 0.717) is 27.4 Å². The number of halogens is 2. The van der Waals surface area contributed by atoms with Crippen LogP contribution in [0.5, 0.6) is 11.5 Å². The summed E-state index contributed by atoms with van der Waals surface area (Å²) in [5.41, 5.74) is 4.33. The molecule has 10 nitrogen and oxygen atoms in total. The number of rotatable bonds is 9. The van der Waals surface area contributed by atoms with Crippen molar-refractivity contribution < 1.29 is 14.3 Å². The molecule has 4 rings (SSSR count). The Morgan fingerprint density at radius 1 is 1.03 bits per heavy atom. The van der Waals surface area contributed by atoms with Gasteiger partial charge in [0, 0.05) is 5.69 Å². The predicted molar refractivity (Wildman–Crippen MR) is 137 cm³/mol. The van der Waals surface area contributed by atoms with Crippen LogP contribution >= 0.6 is 31.9 Å². The van der Waals surface area contributed by atoms with E-state index in [1.165, 1.54) is 0 Å². The summed E-state index contributed by atoms with van der Waals surface area (Å²) in [7, 11) is 1.61. The molecule has 0 aliphatic carbocycles. The molecule has 0 saturated heterocycles. The summed E-state index contributed by atoms with van der Waals surface area (Å²) in [6, 6.07) is 14.5. The van der Waals surface area contributed by atoms with Crippen molar-refractivity contribution in [3.05, 3.63) is 75.1 Å². The van der Waals surface area contributed by atoms with Gasteiger partial charge in [0.15, 0.2) is 0 Å². The molecule has 0 spiro atoms. The number of phenolic OH excluding ortho intramolecular Hbond substituents is 1. The molecule has 4 N–H and O–H groups in total. The van der Waals surface area contributed by atoms with Crippen LogP contribution in [0.4, 0.5) is 23.5 Å². The van der Waals surface area contributed by atoms with Crippen LogP contribution in [0.15, 0.2) is 73.3 Å². The Labute approximate surface area is 211 Å². The second kappa shape index (κ2) is 11.0. The van der Waals surface area contributed by atoms with Gasteiger partial charge in [-0.3, -0.25) is 0 Å². The van der Waals surface area contributed by atoms with Crippen LogP contribution in [0, 0.1) is 0 Å². The number of nitrogens with zero attached hydrogens (tertiary/aromatic N) is 4. The van der Waals surface area contributed by atoms with E-state index in [2.05, 4.69) is 68.0 Å². The minimum Gasteiger partial charge on any atom is -0.506 e. The second-order valence-electron chi connectivity index (χ2n) is 6.80. The fraction of sp³-hybridized carbons (Fsp3) is 0.0909. The molecule has 0 fully saturated rings. The lowest BCUT2D eigenvalue weighted by molar-refractivity contribution is 0.415. The van der Waals surface area contributed by atoms with E-state index in [0.717, 1.165) is 22.8 Å². The third-order valence-electron chi connectivity index (χ3n) is 4.40. The van der Waals surface area contributed by atoms with Gasteiger partial charge in [-0.05, 0) is 86.0 Å². The molecule has 0 saturated carbocycles. The molecule has 0 bridgehead atoms. The van der Waals surface area contributed by atoms with Gasteiger partial charge in [0.25, 0.3) is 0 Å². The maximum absolute atomic E-state index is 9.86. The first-order valence-corrected chi connectivity index (χ1v) is 11.5.